The number of allylic oxidation sites excluding steroid dienone is 5. The summed E-state index contributed by atoms with van der Waals surface area (Å²) in [5.41, 5.74) is 32.6. The van der Waals surface area contributed by atoms with Crippen molar-refractivity contribution in [2.45, 2.75) is 114 Å². The maximum absolute atomic E-state index is 4.80. The van der Waals surface area contributed by atoms with Gasteiger partial charge in [-0.1, -0.05) is 352 Å². The van der Waals surface area contributed by atoms with Gasteiger partial charge in [0.15, 0.2) is 0 Å². The highest BCUT2D eigenvalue weighted by atomic mass is 15.2. The number of fused-ring (bicyclic) bond motifs is 7. The molecule has 0 amide bonds. The third-order valence-electron chi connectivity index (χ3n) is 23.8. The average molecular weight is 1440 g/mol. The number of aromatic nitrogens is 1. The molecular weight excluding hydrogens is 1340 g/mol. The first-order chi connectivity index (χ1) is 53.3. The molecule has 0 bridgehead atoms. The molecule has 0 spiro atoms. The van der Waals surface area contributed by atoms with Gasteiger partial charge in [-0.2, -0.15) is 0 Å². The summed E-state index contributed by atoms with van der Waals surface area (Å²) in [4.78, 5) is 5.31. The van der Waals surface area contributed by atoms with E-state index in [1.165, 1.54) is 54.9 Å². The molecule has 1 aromatic heterocycles. The van der Waals surface area contributed by atoms with E-state index in [0.29, 0.717) is 0 Å². The summed E-state index contributed by atoms with van der Waals surface area (Å²) in [5.74, 6) is 0. The summed E-state index contributed by atoms with van der Waals surface area (Å²) in [5, 5.41) is 6.47. The van der Waals surface area contributed by atoms with E-state index in [1.807, 2.05) is 6.08 Å². The lowest BCUT2D eigenvalue weighted by molar-refractivity contribution is 0.156. The third-order valence-corrected chi connectivity index (χ3v) is 23.8. The molecule has 2 aliphatic rings. The fourth-order valence-corrected chi connectivity index (χ4v) is 17.0. The predicted octanol–water partition coefficient (Wildman–Crippen LogP) is 27.9. The second-order valence-corrected chi connectivity index (χ2v) is 35.0. The number of anilines is 7. The largest absolute Gasteiger partial charge is 0.356 e. The molecule has 0 radical (unpaired) electrons. The second-order valence-electron chi connectivity index (χ2n) is 35.0. The molecule has 0 fully saturated rings. The number of nitrogens with zero attached hydrogens (tertiary/aromatic N) is 3. The summed E-state index contributed by atoms with van der Waals surface area (Å²) >= 11 is 0. The Morgan fingerprint density at radius 1 is 0.396 bits per heavy atom. The van der Waals surface area contributed by atoms with Crippen LogP contribution < -0.4 is 31.5 Å². The van der Waals surface area contributed by atoms with Crippen molar-refractivity contribution >= 4 is 84.7 Å². The Balaban J connectivity index is 0.970. The van der Waals surface area contributed by atoms with Crippen molar-refractivity contribution in [1.29, 1.82) is 0 Å². The van der Waals surface area contributed by atoms with Gasteiger partial charge in [0.1, 0.15) is 0 Å². The Morgan fingerprint density at radius 2 is 0.811 bits per heavy atom. The van der Waals surface area contributed by atoms with Crippen LogP contribution in [0, 0.1) is 16.2 Å². The maximum Gasteiger partial charge on any atom is 0.252 e. The van der Waals surface area contributed by atoms with E-state index >= 15 is 0 Å². The van der Waals surface area contributed by atoms with Crippen LogP contribution in [0.1, 0.15) is 114 Å². The van der Waals surface area contributed by atoms with Gasteiger partial charge in [-0.3, -0.25) is 0 Å². The van der Waals surface area contributed by atoms with E-state index < -0.39 is 0 Å². The highest BCUT2D eigenvalue weighted by Crippen LogP contribution is 2.55. The van der Waals surface area contributed by atoms with Gasteiger partial charge in [0.2, 0.25) is 0 Å². The molecule has 111 heavy (non-hydrogen) atoms. The molecule has 14 aromatic rings. The van der Waals surface area contributed by atoms with Crippen molar-refractivity contribution < 1.29 is 0 Å². The van der Waals surface area contributed by atoms with Crippen LogP contribution >= 0.6 is 0 Å². The minimum Gasteiger partial charge on any atom is -0.356 e. The molecule has 0 saturated heterocycles. The van der Waals surface area contributed by atoms with E-state index in [9.17, 15) is 0 Å². The summed E-state index contributed by atoms with van der Waals surface area (Å²) in [6.07, 6.45) is 11.0. The van der Waals surface area contributed by atoms with Gasteiger partial charge in [-0.05, 0) is 190 Å². The fraction of sp³-hybridized carbons (Fsp3) is 0.189. The third kappa shape index (κ3) is 13.8. The first kappa shape index (κ1) is 73.2. The van der Waals surface area contributed by atoms with Crippen molar-refractivity contribution in [2.24, 2.45) is 16.2 Å². The zero-order chi connectivity index (χ0) is 77.3. The Morgan fingerprint density at radius 3 is 1.25 bits per heavy atom. The van der Waals surface area contributed by atoms with Crippen LogP contribution in [0.3, 0.4) is 0 Å². The summed E-state index contributed by atoms with van der Waals surface area (Å²) < 4.78 is 2.50. The Labute approximate surface area is 659 Å². The summed E-state index contributed by atoms with van der Waals surface area (Å²) in [6, 6.07) is 112. The SMILES string of the molecule is C=C/C(=C\CCC(C)(/C=C\C(=C)Nc1ccc2c(c1)N(c1c(-c3ccccc3)cccc1-c1ccccc1)c1cc(-c3ccccc3)cc3c1B2c1ccc(-c2cccc(-n4c5ccc(C(C)(C)C)cc5c5cc(C(C)(C)C)ccc54)c2)cc1N3c1c(-c2ccccc2)cccc1-c1ccccc1)C(C)(C)C)C(C)(C)C. The lowest BCUT2D eigenvalue weighted by atomic mass is 9.33. The number of para-hydroxylation sites is 2. The van der Waals surface area contributed by atoms with Gasteiger partial charge in [-0.25, -0.2) is 0 Å². The fourth-order valence-electron chi connectivity index (χ4n) is 17.0. The molecule has 1 atom stereocenters. The minimum absolute atomic E-state index is 0.0185. The van der Waals surface area contributed by atoms with Gasteiger partial charge in [0.05, 0.1) is 22.4 Å². The lowest BCUT2D eigenvalue weighted by Crippen LogP contribution is -2.61. The molecule has 0 aliphatic carbocycles. The molecule has 3 heterocycles. The topological polar surface area (TPSA) is 23.4 Å². The Kier molecular flexibility index (Phi) is 19.0. The lowest BCUT2D eigenvalue weighted by Gasteiger charge is -2.46. The van der Waals surface area contributed by atoms with Gasteiger partial charge in [0.25, 0.3) is 6.71 Å². The van der Waals surface area contributed by atoms with Crippen molar-refractivity contribution in [2.75, 3.05) is 15.1 Å². The molecule has 548 valence electrons. The molecule has 5 heteroatoms. The Bertz CT molecular complexity index is 5770. The zero-order valence-corrected chi connectivity index (χ0v) is 66.8. The summed E-state index contributed by atoms with van der Waals surface area (Å²) in [6.45, 7) is 39.0. The van der Waals surface area contributed by atoms with Crippen LogP contribution in [0.4, 0.5) is 39.8 Å². The number of rotatable bonds is 17. The van der Waals surface area contributed by atoms with Gasteiger partial charge in [-0.15, -0.1) is 0 Å². The molecular formula is C106H101BN4. The van der Waals surface area contributed by atoms with Crippen molar-refractivity contribution in [3.8, 4) is 72.4 Å². The van der Waals surface area contributed by atoms with Crippen LogP contribution in [-0.2, 0) is 10.8 Å². The van der Waals surface area contributed by atoms with E-state index in [0.717, 1.165) is 131 Å². The van der Waals surface area contributed by atoms with Crippen molar-refractivity contribution in [3.05, 3.63) is 357 Å². The van der Waals surface area contributed by atoms with Crippen LogP contribution in [0.5, 0.6) is 0 Å². The molecule has 0 saturated carbocycles. The smallest absolute Gasteiger partial charge is 0.252 e. The van der Waals surface area contributed by atoms with E-state index in [4.69, 9.17) is 6.58 Å². The number of nitrogens with one attached hydrogen (secondary N) is 1. The summed E-state index contributed by atoms with van der Waals surface area (Å²) in [7, 11) is 0. The van der Waals surface area contributed by atoms with Crippen LogP contribution in [0.25, 0.3) is 94.3 Å². The van der Waals surface area contributed by atoms with Gasteiger partial charge < -0.3 is 19.7 Å². The molecule has 13 aromatic carbocycles. The standard InChI is InChI=1S/C106H101BN4/c1-16-80(102(3,4)5)47-35-62-106(15,105(12,13)14)63-61-71(2)108-83-56-58-92-96(70-83)111(101-87(75-42-28-20-29-43-75)51-34-52-88(101)76-44-30-21-31-45-76)98-67-79(72-36-22-17-23-37-72)66-97-99(98)107(92)91-57-53-78(65-95(91)110(97)100-85(73-38-24-18-25-39-73)49-33-50-86(100)74-40-26-19-27-41-74)77-46-32-48-84(64-77)109-93-59-54-81(103(6,7)8)68-89(93)90-69-82(104(9,10)11)55-60-94(90)109/h16-34,36-61,63-70,108H,1-2,35,62H2,3-15H3/b63-61-,80-47+. The van der Waals surface area contributed by atoms with Crippen LogP contribution in [0.15, 0.2) is 346 Å². The number of benzene rings is 13. The maximum atomic E-state index is 4.80. The van der Waals surface area contributed by atoms with E-state index in [1.54, 1.807) is 0 Å². The second kappa shape index (κ2) is 28.8. The highest BCUT2D eigenvalue weighted by Gasteiger charge is 2.46. The zero-order valence-electron chi connectivity index (χ0n) is 66.8. The van der Waals surface area contributed by atoms with E-state index in [2.05, 4.69) is 432 Å². The molecule has 16 rings (SSSR count). The first-order valence-electron chi connectivity index (χ1n) is 39.6. The Hall–Kier alpha value is -11.9. The van der Waals surface area contributed by atoms with Crippen molar-refractivity contribution in [3.63, 3.8) is 0 Å². The predicted molar refractivity (Wildman–Crippen MR) is 481 cm³/mol. The van der Waals surface area contributed by atoms with Crippen LogP contribution in [-0.4, -0.2) is 11.3 Å². The quantitative estimate of drug-likeness (QED) is 0.0726. The molecule has 1 unspecified atom stereocenters. The van der Waals surface area contributed by atoms with Gasteiger partial charge in [0, 0.05) is 72.8 Å². The minimum atomic E-state index is -0.252. The monoisotopic (exact) mass is 1440 g/mol. The van der Waals surface area contributed by atoms with Crippen molar-refractivity contribution in [1.82, 2.24) is 4.57 Å². The highest BCUT2D eigenvalue weighted by molar-refractivity contribution is 7.00. The number of hydrogen-bond donors (Lipinski definition) is 1. The number of hydrogen-bond acceptors (Lipinski definition) is 3. The van der Waals surface area contributed by atoms with E-state index in [-0.39, 0.29) is 33.8 Å². The normalized spacial score (nSPS) is 13.6. The van der Waals surface area contributed by atoms with Crippen LogP contribution in [0.2, 0.25) is 0 Å². The average Bonchev–Trinajstić information content (AvgIpc) is 1.69. The molecule has 4 nitrogen and oxygen atoms in total. The van der Waals surface area contributed by atoms with Gasteiger partial charge >= 0.3 is 0 Å². The molecule has 1 N–H and O–H groups in total. The molecule has 2 aliphatic heterocycles. The first-order valence-corrected chi connectivity index (χ1v) is 39.6.